The topological polar surface area (TPSA) is 80.2 Å². The predicted molar refractivity (Wildman–Crippen MR) is 107 cm³/mol. The average molecular weight is 395 g/mol. The Labute approximate surface area is 159 Å². The van der Waals surface area contributed by atoms with Crippen molar-refractivity contribution in [2.45, 2.75) is 56.7 Å². The van der Waals surface area contributed by atoms with E-state index < -0.39 is 9.84 Å². The maximum Gasteiger partial charge on any atom is 0.232 e. The third-order valence-corrected chi connectivity index (χ3v) is 6.46. The summed E-state index contributed by atoms with van der Waals surface area (Å²) < 4.78 is 23.1. The molecule has 2 rings (SSSR count). The maximum absolute atomic E-state index is 11.5. The van der Waals surface area contributed by atoms with Crippen LogP contribution in [0.5, 0.6) is 5.75 Å². The highest BCUT2D eigenvalue weighted by atomic mass is 32.2. The van der Waals surface area contributed by atoms with Crippen molar-refractivity contribution in [2.24, 2.45) is 0 Å². The van der Waals surface area contributed by atoms with Crippen LogP contribution in [-0.2, 0) is 20.7 Å². The molecule has 7 heteroatoms. The minimum Gasteiger partial charge on any atom is -0.507 e. The zero-order chi connectivity index (χ0) is 19.9. The monoisotopic (exact) mass is 394 g/mol. The van der Waals surface area contributed by atoms with Gasteiger partial charge in [-0.1, -0.05) is 59.0 Å². The number of sulfone groups is 1. The van der Waals surface area contributed by atoms with Crippen LogP contribution in [0.1, 0.15) is 63.2 Å². The third-order valence-electron chi connectivity index (χ3n) is 3.91. The molecule has 0 unspecified atom stereocenters. The Kier molecular flexibility index (Phi) is 5.36. The second kappa shape index (κ2) is 6.78. The van der Waals surface area contributed by atoms with Crippen LogP contribution in [0.15, 0.2) is 16.5 Å². The van der Waals surface area contributed by atoms with Gasteiger partial charge in [0, 0.05) is 17.4 Å². The first-order valence-corrected chi connectivity index (χ1v) is 11.0. The SMILES string of the molecule is CC(C)(C)c1cc(/C=C/c2nnc(S(C)(=O)=O)s2)cc(C(C)(C)C)c1O. The van der Waals surface area contributed by atoms with E-state index in [0.29, 0.717) is 10.8 Å². The van der Waals surface area contributed by atoms with Crippen molar-refractivity contribution < 1.29 is 13.5 Å². The highest BCUT2D eigenvalue weighted by molar-refractivity contribution is 7.92. The molecule has 0 spiro atoms. The molecular weight excluding hydrogens is 368 g/mol. The number of aromatic hydroxyl groups is 1. The average Bonchev–Trinajstić information content (AvgIpc) is 2.92. The summed E-state index contributed by atoms with van der Waals surface area (Å²) in [6.45, 7) is 12.4. The van der Waals surface area contributed by atoms with Crippen LogP contribution < -0.4 is 0 Å². The van der Waals surface area contributed by atoms with Crippen molar-refractivity contribution in [3.05, 3.63) is 33.8 Å². The molecule has 0 fully saturated rings. The first-order valence-electron chi connectivity index (χ1n) is 8.29. The Bertz CT molecular complexity index is 909. The normalized spacial score (nSPS) is 13.5. The number of benzene rings is 1. The van der Waals surface area contributed by atoms with Gasteiger partial charge in [0.1, 0.15) is 10.8 Å². The van der Waals surface area contributed by atoms with E-state index in [0.717, 1.165) is 34.3 Å². The summed E-state index contributed by atoms with van der Waals surface area (Å²) in [6, 6.07) is 3.92. The van der Waals surface area contributed by atoms with E-state index >= 15 is 0 Å². The molecule has 142 valence electrons. The fourth-order valence-electron chi connectivity index (χ4n) is 2.50. The summed E-state index contributed by atoms with van der Waals surface area (Å²) in [5.74, 6) is 0.331. The lowest BCUT2D eigenvalue weighted by Crippen LogP contribution is -2.17. The molecule has 26 heavy (non-hydrogen) atoms. The van der Waals surface area contributed by atoms with Crippen molar-refractivity contribution in [3.63, 3.8) is 0 Å². The zero-order valence-electron chi connectivity index (χ0n) is 16.3. The largest absolute Gasteiger partial charge is 0.507 e. The van der Waals surface area contributed by atoms with Crippen LogP contribution in [0.25, 0.3) is 12.2 Å². The molecule has 1 aromatic heterocycles. The molecule has 0 atom stereocenters. The van der Waals surface area contributed by atoms with Gasteiger partial charge in [0.15, 0.2) is 0 Å². The van der Waals surface area contributed by atoms with E-state index in [4.69, 9.17) is 0 Å². The lowest BCUT2D eigenvalue weighted by atomic mass is 9.78. The van der Waals surface area contributed by atoms with Gasteiger partial charge in [0.05, 0.1) is 0 Å². The molecular formula is C19H26N2O3S2. The van der Waals surface area contributed by atoms with Crippen molar-refractivity contribution in [3.8, 4) is 5.75 Å². The fourth-order valence-corrected chi connectivity index (χ4v) is 4.03. The van der Waals surface area contributed by atoms with Crippen LogP contribution in [0, 0.1) is 0 Å². The van der Waals surface area contributed by atoms with Gasteiger partial charge in [-0.25, -0.2) is 8.42 Å². The maximum atomic E-state index is 11.5. The molecule has 0 saturated heterocycles. The van der Waals surface area contributed by atoms with Gasteiger partial charge in [-0.3, -0.25) is 0 Å². The summed E-state index contributed by atoms with van der Waals surface area (Å²) in [6.07, 6.45) is 4.74. The number of nitrogens with zero attached hydrogens (tertiary/aromatic N) is 2. The van der Waals surface area contributed by atoms with Crippen molar-refractivity contribution in [1.82, 2.24) is 10.2 Å². The lowest BCUT2D eigenvalue weighted by molar-refractivity contribution is 0.423. The second-order valence-electron chi connectivity index (χ2n) is 8.48. The number of rotatable bonds is 3. The quantitative estimate of drug-likeness (QED) is 0.834. The van der Waals surface area contributed by atoms with Crippen LogP contribution in [0.2, 0.25) is 0 Å². The molecule has 0 bridgehead atoms. The van der Waals surface area contributed by atoms with Gasteiger partial charge < -0.3 is 5.11 Å². The number of aromatic nitrogens is 2. The molecule has 2 aromatic rings. The molecule has 5 nitrogen and oxygen atoms in total. The smallest absolute Gasteiger partial charge is 0.232 e. The molecule has 1 aromatic carbocycles. The molecule has 0 radical (unpaired) electrons. The molecule has 0 saturated carbocycles. The first kappa shape index (κ1) is 20.6. The number of phenolic OH excluding ortho intramolecular Hbond substituents is 1. The fraction of sp³-hybridized carbons (Fsp3) is 0.474. The highest BCUT2D eigenvalue weighted by Crippen LogP contribution is 2.40. The van der Waals surface area contributed by atoms with E-state index in [1.54, 1.807) is 6.08 Å². The Morgan fingerprint density at radius 1 is 0.962 bits per heavy atom. The van der Waals surface area contributed by atoms with E-state index in [-0.39, 0.29) is 15.2 Å². The molecule has 1 heterocycles. The number of hydrogen-bond donors (Lipinski definition) is 1. The van der Waals surface area contributed by atoms with Gasteiger partial charge in [0.2, 0.25) is 14.2 Å². The van der Waals surface area contributed by atoms with E-state index in [1.165, 1.54) is 0 Å². The van der Waals surface area contributed by atoms with Crippen molar-refractivity contribution in [1.29, 1.82) is 0 Å². The van der Waals surface area contributed by atoms with Crippen LogP contribution >= 0.6 is 11.3 Å². The zero-order valence-corrected chi connectivity index (χ0v) is 17.9. The second-order valence-corrected chi connectivity index (χ2v) is 11.7. The Hall–Kier alpha value is -1.73. The van der Waals surface area contributed by atoms with Gasteiger partial charge in [-0.2, -0.15) is 0 Å². The van der Waals surface area contributed by atoms with Crippen LogP contribution in [0.4, 0.5) is 0 Å². The Balaban J connectivity index is 2.51. The first-order chi connectivity index (χ1) is 11.7. The minimum absolute atomic E-state index is 0.00798. The summed E-state index contributed by atoms with van der Waals surface area (Å²) in [5, 5.41) is 18.9. The minimum atomic E-state index is -3.34. The van der Waals surface area contributed by atoms with Gasteiger partial charge >= 0.3 is 0 Å². The van der Waals surface area contributed by atoms with Crippen molar-refractivity contribution in [2.75, 3.05) is 6.26 Å². The Morgan fingerprint density at radius 2 is 1.46 bits per heavy atom. The van der Waals surface area contributed by atoms with E-state index in [1.807, 2.05) is 18.2 Å². The molecule has 0 aliphatic carbocycles. The molecule has 0 amide bonds. The summed E-state index contributed by atoms with van der Waals surface area (Å²) in [7, 11) is -3.34. The summed E-state index contributed by atoms with van der Waals surface area (Å²) in [5.41, 5.74) is 2.26. The van der Waals surface area contributed by atoms with Gasteiger partial charge in [-0.15, -0.1) is 10.2 Å². The third kappa shape index (κ3) is 4.71. The number of hydrogen-bond acceptors (Lipinski definition) is 6. The van der Waals surface area contributed by atoms with Crippen molar-refractivity contribution >= 4 is 33.3 Å². The van der Waals surface area contributed by atoms with E-state index in [2.05, 4.69) is 51.7 Å². The van der Waals surface area contributed by atoms with E-state index in [9.17, 15) is 13.5 Å². The molecule has 1 N–H and O–H groups in total. The predicted octanol–water partition coefficient (Wildman–Crippen LogP) is 4.41. The van der Waals surface area contributed by atoms with Crippen LogP contribution in [-0.4, -0.2) is 30.0 Å². The number of phenols is 1. The summed E-state index contributed by atoms with van der Waals surface area (Å²) in [4.78, 5) is 0. The highest BCUT2D eigenvalue weighted by Gasteiger charge is 2.26. The Morgan fingerprint density at radius 3 is 1.85 bits per heavy atom. The summed E-state index contributed by atoms with van der Waals surface area (Å²) >= 11 is 1.04. The lowest BCUT2D eigenvalue weighted by Gasteiger charge is -2.27. The standard InChI is InChI=1S/C19H26N2O3S2/c1-18(2,3)13-10-12(11-14(16(13)22)19(4,5)6)8-9-15-20-21-17(25-15)26(7,23)24/h8-11,22H,1-7H3/b9-8+. The molecule has 0 aliphatic rings. The van der Waals surface area contributed by atoms with Crippen LogP contribution in [0.3, 0.4) is 0 Å². The van der Waals surface area contributed by atoms with Gasteiger partial charge in [-0.05, 0) is 34.6 Å². The van der Waals surface area contributed by atoms with Gasteiger partial charge in [0.25, 0.3) is 0 Å². The molecule has 0 aliphatic heterocycles.